The first-order valence-corrected chi connectivity index (χ1v) is 13.7. The molecule has 5 rings (SSSR count). The third-order valence-electron chi connectivity index (χ3n) is 9.99. The number of rotatable bonds is 4. The number of nitrogens with zero attached hydrogens (tertiary/aromatic N) is 1. The monoisotopic (exact) mass is 555 g/mol. The Balaban J connectivity index is 1.67. The molecule has 0 bridgehead atoms. The van der Waals surface area contributed by atoms with Crippen LogP contribution in [0.1, 0.15) is 77.6 Å². The van der Waals surface area contributed by atoms with Crippen molar-refractivity contribution in [3.8, 4) is 0 Å². The Morgan fingerprint density at radius 3 is 2.33 bits per heavy atom. The minimum atomic E-state index is -1.23. The van der Waals surface area contributed by atoms with Gasteiger partial charge in [0.05, 0.1) is 12.0 Å². The molecule has 2 saturated heterocycles. The van der Waals surface area contributed by atoms with E-state index in [2.05, 4.69) is 11.9 Å². The molecule has 40 heavy (non-hydrogen) atoms. The molecule has 0 aromatic carbocycles. The van der Waals surface area contributed by atoms with Crippen molar-refractivity contribution < 1.29 is 42.9 Å². The van der Waals surface area contributed by atoms with E-state index in [1.807, 2.05) is 26.8 Å². The molecule has 1 aromatic rings. The van der Waals surface area contributed by atoms with Crippen LogP contribution in [-0.2, 0) is 38.1 Å². The Bertz CT molecular complexity index is 1260. The van der Waals surface area contributed by atoms with E-state index in [0.717, 1.165) is 5.57 Å². The van der Waals surface area contributed by atoms with Crippen molar-refractivity contribution in [3.63, 3.8) is 0 Å². The smallest absolute Gasteiger partial charge is 0.339 e. The maximum Gasteiger partial charge on any atom is 0.339 e. The van der Waals surface area contributed by atoms with Crippen LogP contribution in [0.5, 0.6) is 0 Å². The van der Waals surface area contributed by atoms with Gasteiger partial charge in [0.1, 0.15) is 23.9 Å². The number of pyridine rings is 1. The highest BCUT2D eigenvalue weighted by atomic mass is 16.6. The summed E-state index contributed by atoms with van der Waals surface area (Å²) in [6.45, 7) is 10.6. The van der Waals surface area contributed by atoms with Gasteiger partial charge < -0.3 is 23.7 Å². The highest BCUT2D eigenvalue weighted by molar-refractivity contribution is 5.89. The summed E-state index contributed by atoms with van der Waals surface area (Å²) < 4.78 is 30.5. The topological polar surface area (TPSA) is 127 Å². The lowest BCUT2D eigenvalue weighted by atomic mass is 9.41. The number of hydrogen-bond acceptors (Lipinski definition) is 10. The number of esters is 4. The van der Waals surface area contributed by atoms with Gasteiger partial charge in [-0.1, -0.05) is 25.5 Å². The number of aromatic nitrogens is 1. The largest absolute Gasteiger partial charge is 0.463 e. The predicted molar refractivity (Wildman–Crippen MR) is 140 cm³/mol. The van der Waals surface area contributed by atoms with Gasteiger partial charge in [-0.15, -0.1) is 0 Å². The van der Waals surface area contributed by atoms with E-state index in [0.29, 0.717) is 24.8 Å². The zero-order valence-corrected chi connectivity index (χ0v) is 23.9. The van der Waals surface area contributed by atoms with Crippen LogP contribution in [-0.4, -0.2) is 65.0 Å². The second-order valence-electron chi connectivity index (χ2n) is 12.3. The fourth-order valence-corrected chi connectivity index (χ4v) is 7.88. The minimum Gasteiger partial charge on any atom is -0.463 e. The van der Waals surface area contributed by atoms with Gasteiger partial charge in [0.25, 0.3) is 0 Å². The average molecular weight is 556 g/mol. The van der Waals surface area contributed by atoms with Gasteiger partial charge in [-0.3, -0.25) is 19.4 Å². The number of carbonyl (C=O) groups excluding carboxylic acids is 4. The molecule has 0 amide bonds. The fraction of sp³-hybridized carbons (Fsp3) is 0.633. The number of carbonyl (C=O) groups is 4. The van der Waals surface area contributed by atoms with Gasteiger partial charge >= 0.3 is 23.9 Å². The first-order valence-electron chi connectivity index (χ1n) is 13.7. The average Bonchev–Trinajstić information content (AvgIpc) is 3.25. The van der Waals surface area contributed by atoms with E-state index >= 15 is 0 Å². The highest BCUT2D eigenvalue weighted by Gasteiger charge is 2.76. The van der Waals surface area contributed by atoms with Crippen molar-refractivity contribution in [3.05, 3.63) is 41.7 Å². The third-order valence-corrected chi connectivity index (χ3v) is 9.99. The maximum atomic E-state index is 13.3. The number of hydrogen-bond donors (Lipinski definition) is 0. The molecule has 0 radical (unpaired) electrons. The summed E-state index contributed by atoms with van der Waals surface area (Å²) in [5, 5.41) is 0. The van der Waals surface area contributed by atoms with Crippen LogP contribution in [0.2, 0.25) is 0 Å². The van der Waals surface area contributed by atoms with Gasteiger partial charge in [-0.2, -0.15) is 0 Å². The summed E-state index contributed by atoms with van der Waals surface area (Å²) >= 11 is 0. The third kappa shape index (κ3) is 4.22. The molecular weight excluding hydrogens is 518 g/mol. The van der Waals surface area contributed by atoms with Crippen LogP contribution in [0, 0.1) is 16.7 Å². The summed E-state index contributed by atoms with van der Waals surface area (Å²) in [6.07, 6.45) is 4.08. The lowest BCUT2D eigenvalue weighted by Gasteiger charge is -2.70. The maximum absolute atomic E-state index is 13.3. The summed E-state index contributed by atoms with van der Waals surface area (Å²) in [5.41, 5.74) is -2.49. The molecule has 8 atom stereocenters. The van der Waals surface area contributed by atoms with Gasteiger partial charge in [0.2, 0.25) is 0 Å². The van der Waals surface area contributed by atoms with Crippen molar-refractivity contribution in [1.82, 2.24) is 4.98 Å². The molecule has 2 aliphatic heterocycles. The van der Waals surface area contributed by atoms with Crippen molar-refractivity contribution in [2.45, 2.75) is 96.7 Å². The van der Waals surface area contributed by atoms with E-state index in [1.165, 1.54) is 20.0 Å². The lowest BCUT2D eigenvalue weighted by Crippen LogP contribution is -2.78. The second kappa shape index (κ2) is 9.68. The molecule has 1 aromatic heterocycles. The normalized spacial score (nSPS) is 40.2. The van der Waals surface area contributed by atoms with Gasteiger partial charge in [-0.05, 0) is 38.8 Å². The van der Waals surface area contributed by atoms with E-state index < -0.39 is 64.2 Å². The molecule has 10 heteroatoms. The van der Waals surface area contributed by atoms with Gasteiger partial charge in [0.15, 0.2) is 12.2 Å². The Morgan fingerprint density at radius 2 is 1.73 bits per heavy atom. The molecule has 4 aliphatic rings. The van der Waals surface area contributed by atoms with Crippen molar-refractivity contribution >= 4 is 23.9 Å². The first-order chi connectivity index (χ1) is 18.8. The standard InChI is InChI=1S/C30H37NO9/c1-17-9-10-21(39-26(35)20-8-7-13-31-15-20)23-27(4)11-12-30(14-22(34)36-16-30)40-29(27,6)25(38-19(3)33)24(28(17,23)5)37-18(2)32/h7-9,13,15,21,23-25H,10-12,14,16H2,1-6H3/t21-,23-,24+,25+,27+,28+,29-,30-/m1/s1. The zero-order chi connectivity index (χ0) is 29.1. The van der Waals surface area contributed by atoms with Crippen molar-refractivity contribution in [2.75, 3.05) is 6.61 Å². The first kappa shape index (κ1) is 28.3. The second-order valence-corrected chi connectivity index (χ2v) is 12.3. The molecule has 2 aliphatic carbocycles. The van der Waals surface area contributed by atoms with Crippen molar-refractivity contribution in [2.24, 2.45) is 16.7 Å². The van der Waals surface area contributed by atoms with Crippen LogP contribution in [0.3, 0.4) is 0 Å². The molecule has 0 N–H and O–H groups in total. The highest BCUT2D eigenvalue weighted by Crippen LogP contribution is 2.68. The summed E-state index contributed by atoms with van der Waals surface area (Å²) in [7, 11) is 0. The summed E-state index contributed by atoms with van der Waals surface area (Å²) in [4.78, 5) is 54.7. The van der Waals surface area contributed by atoms with E-state index in [9.17, 15) is 19.2 Å². The molecule has 216 valence electrons. The molecule has 3 fully saturated rings. The van der Waals surface area contributed by atoms with Crippen LogP contribution >= 0.6 is 0 Å². The number of fused-ring (bicyclic) bond motifs is 3. The SMILES string of the molecule is CC(=O)O[C@H]1[C@H](OC(C)=O)[C@@]2(C)O[C@@]3(CC[C@@]2(C)[C@H]2[C@H](OC(=O)c4cccnc4)CC=C(C)[C@]12C)COC(=O)C3. The molecule has 1 saturated carbocycles. The van der Waals surface area contributed by atoms with E-state index in [4.69, 9.17) is 23.7 Å². The molecule has 1 spiro atoms. The van der Waals surface area contributed by atoms with Gasteiger partial charge in [0, 0.05) is 49.4 Å². The molecular formula is C30H37NO9. The molecule has 10 nitrogen and oxygen atoms in total. The van der Waals surface area contributed by atoms with Crippen LogP contribution in [0.15, 0.2) is 36.2 Å². The summed E-state index contributed by atoms with van der Waals surface area (Å²) in [6, 6.07) is 3.32. The van der Waals surface area contributed by atoms with Crippen LogP contribution < -0.4 is 0 Å². The Morgan fingerprint density at radius 1 is 1.02 bits per heavy atom. The quantitative estimate of drug-likeness (QED) is 0.308. The Kier molecular flexibility index (Phi) is 6.84. The lowest BCUT2D eigenvalue weighted by molar-refractivity contribution is -0.349. The Labute approximate surface area is 233 Å². The minimum absolute atomic E-state index is 0.0734. The number of cyclic esters (lactones) is 1. The zero-order valence-electron chi connectivity index (χ0n) is 23.9. The van der Waals surface area contributed by atoms with E-state index in [-0.39, 0.29) is 19.0 Å². The fourth-order valence-electron chi connectivity index (χ4n) is 7.88. The van der Waals surface area contributed by atoms with Crippen LogP contribution in [0.4, 0.5) is 0 Å². The van der Waals surface area contributed by atoms with E-state index in [1.54, 1.807) is 18.3 Å². The van der Waals surface area contributed by atoms with Crippen molar-refractivity contribution in [1.29, 1.82) is 0 Å². The molecule has 0 unspecified atom stereocenters. The molecule has 3 heterocycles. The number of ether oxygens (including phenoxy) is 5. The summed E-state index contributed by atoms with van der Waals surface area (Å²) in [5.74, 6) is -2.35. The van der Waals surface area contributed by atoms with Gasteiger partial charge in [-0.25, -0.2) is 4.79 Å². The Hall–Kier alpha value is -3.27. The predicted octanol–water partition coefficient (Wildman–Crippen LogP) is 3.72. The van der Waals surface area contributed by atoms with Crippen LogP contribution in [0.25, 0.3) is 0 Å².